The first kappa shape index (κ1) is 23.1. The van der Waals surface area contributed by atoms with Crippen LogP contribution in [0.5, 0.6) is 0 Å². The number of carboxylic acid groups (broad SMARTS) is 1. The summed E-state index contributed by atoms with van der Waals surface area (Å²) in [6.07, 6.45) is 8.61. The van der Waals surface area contributed by atoms with Gasteiger partial charge in [0.2, 0.25) is 0 Å². The van der Waals surface area contributed by atoms with E-state index in [0.717, 1.165) is 57.8 Å². The van der Waals surface area contributed by atoms with Crippen LogP contribution in [0.1, 0.15) is 46.6 Å². The molecule has 0 unspecified atom stereocenters. The first-order valence-electron chi connectivity index (χ1n) is 11.4. The maximum atomic E-state index is 11.3. The highest BCUT2D eigenvalue weighted by atomic mass is 32.1. The van der Waals surface area contributed by atoms with Gasteiger partial charge in [-0.2, -0.15) is 0 Å². The van der Waals surface area contributed by atoms with E-state index < -0.39 is 5.97 Å². The number of fused-ring (bicyclic) bond motifs is 1. The van der Waals surface area contributed by atoms with Crippen molar-refractivity contribution >= 4 is 45.9 Å². The molecule has 1 aliphatic heterocycles. The lowest BCUT2D eigenvalue weighted by Crippen LogP contribution is -2.31. The molecule has 4 rings (SSSR count). The molecule has 0 bridgehead atoms. The molecule has 2 N–H and O–H groups in total. The van der Waals surface area contributed by atoms with Crippen LogP contribution in [0.3, 0.4) is 0 Å². The number of nitrogens with one attached hydrogen (secondary N) is 1. The number of carbonyl (C=O) groups is 1. The Kier molecular flexibility index (Phi) is 7.52. The largest absolute Gasteiger partial charge is 0.477 e. The van der Waals surface area contributed by atoms with Crippen LogP contribution < -0.4 is 5.32 Å². The van der Waals surface area contributed by atoms with Gasteiger partial charge in [-0.05, 0) is 87.8 Å². The number of likely N-dealkylation sites (tertiary alicyclic amines) is 1. The van der Waals surface area contributed by atoms with E-state index in [4.69, 9.17) is 4.98 Å². The number of hydrogen-bond donors (Lipinski definition) is 2. The minimum absolute atomic E-state index is 0.343. The van der Waals surface area contributed by atoms with Gasteiger partial charge in [-0.25, -0.2) is 9.78 Å². The van der Waals surface area contributed by atoms with Gasteiger partial charge in [-0.15, -0.1) is 11.3 Å². The molecule has 1 aromatic carbocycles. The van der Waals surface area contributed by atoms with Crippen LogP contribution in [0.15, 0.2) is 41.5 Å². The number of nitrogens with zero attached hydrogens (tertiary/aromatic N) is 3. The van der Waals surface area contributed by atoms with E-state index in [0.29, 0.717) is 4.88 Å². The number of carboxylic acids is 1. The molecule has 1 aliphatic rings. The average molecular weight is 463 g/mol. The molecular weight excluding hydrogens is 432 g/mol. The van der Waals surface area contributed by atoms with E-state index >= 15 is 0 Å². The van der Waals surface area contributed by atoms with Crippen LogP contribution in [0.4, 0.5) is 5.69 Å². The topological polar surface area (TPSA) is 77.8 Å². The van der Waals surface area contributed by atoms with Crippen molar-refractivity contribution in [2.24, 2.45) is 4.99 Å². The number of aromatic carboxylic acids is 1. The number of thiophene rings is 1. The van der Waals surface area contributed by atoms with E-state index in [-0.39, 0.29) is 0 Å². The SMILES string of the molecule is C=N/C=C\c1nc(-c2ccc3cc(C(=O)O)sc3c2)cc(NCCCN2CCCCC2)c1C. The fourth-order valence-electron chi connectivity index (χ4n) is 4.25. The highest BCUT2D eigenvalue weighted by molar-refractivity contribution is 7.20. The predicted octanol–water partition coefficient (Wildman–Crippen LogP) is 5.93. The molecule has 0 spiro atoms. The van der Waals surface area contributed by atoms with Crippen LogP contribution in [0.2, 0.25) is 0 Å². The normalized spacial score (nSPS) is 14.7. The molecule has 2 aromatic heterocycles. The van der Waals surface area contributed by atoms with E-state index in [1.807, 2.05) is 24.3 Å². The van der Waals surface area contributed by atoms with E-state index in [9.17, 15) is 9.90 Å². The summed E-state index contributed by atoms with van der Waals surface area (Å²) >= 11 is 1.29. The lowest BCUT2D eigenvalue weighted by Gasteiger charge is -2.26. The van der Waals surface area contributed by atoms with Crippen molar-refractivity contribution in [1.82, 2.24) is 9.88 Å². The van der Waals surface area contributed by atoms with Crippen molar-refractivity contribution in [2.45, 2.75) is 32.6 Å². The van der Waals surface area contributed by atoms with Gasteiger partial charge in [0.05, 0.1) is 11.4 Å². The first-order chi connectivity index (χ1) is 16.0. The standard InChI is InChI=1S/C26H30N4O2S/c1-18-21(9-11-27-2)29-23(17-22(18)28-10-6-14-30-12-4-3-5-13-30)19-7-8-20-16-25(26(31)32)33-24(20)15-19/h7-9,11,15-17H,2-6,10,12-14H2,1H3,(H,28,29)(H,31,32)/b11-9-. The molecule has 0 radical (unpaired) electrons. The van der Waals surface area contributed by atoms with Gasteiger partial charge in [0.1, 0.15) is 4.88 Å². The zero-order valence-corrected chi connectivity index (χ0v) is 19.8. The monoisotopic (exact) mass is 462 g/mol. The van der Waals surface area contributed by atoms with Gasteiger partial charge >= 0.3 is 5.97 Å². The smallest absolute Gasteiger partial charge is 0.345 e. The number of anilines is 1. The molecule has 1 fully saturated rings. The fraction of sp³-hybridized carbons (Fsp3) is 0.346. The van der Waals surface area contributed by atoms with Crippen LogP contribution in [0, 0.1) is 6.92 Å². The van der Waals surface area contributed by atoms with Crippen molar-refractivity contribution in [3.05, 3.63) is 52.7 Å². The summed E-state index contributed by atoms with van der Waals surface area (Å²) in [4.78, 5) is 22.9. The van der Waals surface area contributed by atoms with Crippen molar-refractivity contribution in [3.8, 4) is 11.3 Å². The molecule has 7 heteroatoms. The Labute approximate surface area is 198 Å². The summed E-state index contributed by atoms with van der Waals surface area (Å²) in [5, 5.41) is 13.9. The summed E-state index contributed by atoms with van der Waals surface area (Å²) in [6.45, 7) is 10.1. The summed E-state index contributed by atoms with van der Waals surface area (Å²) in [7, 11) is 0. The highest BCUT2D eigenvalue weighted by Gasteiger charge is 2.13. The maximum absolute atomic E-state index is 11.3. The Balaban J connectivity index is 1.57. The molecule has 0 aliphatic carbocycles. The second-order valence-corrected chi connectivity index (χ2v) is 9.50. The summed E-state index contributed by atoms with van der Waals surface area (Å²) in [6, 6.07) is 9.78. The maximum Gasteiger partial charge on any atom is 0.345 e. The molecule has 0 atom stereocenters. The number of pyridine rings is 1. The summed E-state index contributed by atoms with van der Waals surface area (Å²) in [5.74, 6) is -0.897. The van der Waals surface area contributed by atoms with Gasteiger partial charge in [-0.3, -0.25) is 4.99 Å². The predicted molar refractivity (Wildman–Crippen MR) is 139 cm³/mol. The van der Waals surface area contributed by atoms with Gasteiger partial charge in [0.25, 0.3) is 0 Å². The molecular formula is C26H30N4O2S. The number of aliphatic imine (C=N–C) groups is 1. The number of piperidine rings is 1. The molecule has 1 saturated heterocycles. The van der Waals surface area contributed by atoms with Gasteiger partial charge in [-0.1, -0.05) is 18.6 Å². The van der Waals surface area contributed by atoms with Crippen LogP contribution >= 0.6 is 11.3 Å². The van der Waals surface area contributed by atoms with Crippen molar-refractivity contribution in [1.29, 1.82) is 0 Å². The molecule has 0 saturated carbocycles. The minimum atomic E-state index is -0.897. The second kappa shape index (κ2) is 10.7. The quantitative estimate of drug-likeness (QED) is 0.304. The third kappa shape index (κ3) is 5.67. The van der Waals surface area contributed by atoms with Crippen LogP contribution in [-0.4, -0.2) is 53.9 Å². The van der Waals surface area contributed by atoms with Gasteiger partial charge in [0.15, 0.2) is 0 Å². The number of rotatable bonds is 9. The number of hydrogen-bond acceptors (Lipinski definition) is 6. The number of aromatic nitrogens is 1. The summed E-state index contributed by atoms with van der Waals surface area (Å²) in [5.41, 5.74) is 4.77. The molecule has 3 heterocycles. The lowest BCUT2D eigenvalue weighted by atomic mass is 10.1. The highest BCUT2D eigenvalue weighted by Crippen LogP contribution is 2.32. The number of benzene rings is 1. The van der Waals surface area contributed by atoms with Crippen molar-refractivity contribution in [2.75, 3.05) is 31.5 Å². The van der Waals surface area contributed by atoms with Crippen LogP contribution in [0.25, 0.3) is 27.4 Å². The summed E-state index contributed by atoms with van der Waals surface area (Å²) < 4.78 is 0.938. The molecule has 3 aromatic rings. The first-order valence-corrected chi connectivity index (χ1v) is 12.2. The van der Waals surface area contributed by atoms with Crippen molar-refractivity contribution < 1.29 is 9.90 Å². The second-order valence-electron chi connectivity index (χ2n) is 8.41. The minimum Gasteiger partial charge on any atom is -0.477 e. The fourth-order valence-corrected chi connectivity index (χ4v) is 5.19. The third-order valence-electron chi connectivity index (χ3n) is 6.09. The Hall–Kier alpha value is -3.03. The lowest BCUT2D eigenvalue weighted by molar-refractivity contribution is 0.0702. The molecule has 33 heavy (non-hydrogen) atoms. The Morgan fingerprint density at radius 2 is 2.09 bits per heavy atom. The van der Waals surface area contributed by atoms with Crippen LogP contribution in [-0.2, 0) is 0 Å². The Bertz CT molecular complexity index is 1180. The zero-order chi connectivity index (χ0) is 23.2. The average Bonchev–Trinajstić information content (AvgIpc) is 3.26. The van der Waals surface area contributed by atoms with E-state index in [1.165, 1.54) is 43.7 Å². The molecule has 172 valence electrons. The third-order valence-corrected chi connectivity index (χ3v) is 7.18. The van der Waals surface area contributed by atoms with E-state index in [1.54, 1.807) is 12.3 Å². The molecule has 6 nitrogen and oxygen atoms in total. The Morgan fingerprint density at radius 3 is 2.85 bits per heavy atom. The van der Waals surface area contributed by atoms with Gasteiger partial charge in [0, 0.05) is 28.7 Å². The van der Waals surface area contributed by atoms with E-state index in [2.05, 4.69) is 34.9 Å². The Morgan fingerprint density at radius 1 is 1.27 bits per heavy atom. The van der Waals surface area contributed by atoms with Gasteiger partial charge < -0.3 is 15.3 Å². The zero-order valence-electron chi connectivity index (χ0n) is 19.0. The molecule has 0 amide bonds. The van der Waals surface area contributed by atoms with Crippen molar-refractivity contribution in [3.63, 3.8) is 0 Å².